The van der Waals surface area contributed by atoms with E-state index in [1.54, 1.807) is 18.5 Å². The van der Waals surface area contributed by atoms with Crippen LogP contribution >= 0.6 is 0 Å². The van der Waals surface area contributed by atoms with Gasteiger partial charge < -0.3 is 14.1 Å². The number of nitrogens with zero attached hydrogens (tertiary/aromatic N) is 3. The fraction of sp³-hybridized carbons (Fsp3) is 0.300. The summed E-state index contributed by atoms with van der Waals surface area (Å²) in [4.78, 5) is 10.7. The molecule has 1 unspecified atom stereocenters. The summed E-state index contributed by atoms with van der Waals surface area (Å²) in [5, 5.41) is 15.7. The molecule has 0 aliphatic heterocycles. The van der Waals surface area contributed by atoms with Crippen molar-refractivity contribution in [3.05, 3.63) is 30.0 Å². The van der Waals surface area contributed by atoms with Crippen LogP contribution in [0, 0.1) is 0 Å². The number of carbonyl (C=O) groups is 1. The van der Waals surface area contributed by atoms with Crippen molar-refractivity contribution in [2.45, 2.75) is 18.1 Å². The van der Waals surface area contributed by atoms with E-state index in [0.717, 1.165) is 12.1 Å². The van der Waals surface area contributed by atoms with Crippen molar-refractivity contribution in [3.63, 3.8) is 0 Å². The van der Waals surface area contributed by atoms with Crippen LogP contribution in [0.1, 0.15) is 29.3 Å². The Balaban J connectivity index is 2.22. The van der Waals surface area contributed by atoms with Crippen molar-refractivity contribution in [1.82, 2.24) is 19.5 Å². The Bertz CT molecular complexity index is 732. The van der Waals surface area contributed by atoms with Gasteiger partial charge in [0.25, 0.3) is 10.0 Å². The molecule has 0 fully saturated rings. The zero-order valence-corrected chi connectivity index (χ0v) is 11.5. The van der Waals surface area contributed by atoms with Crippen molar-refractivity contribution >= 4 is 16.0 Å². The summed E-state index contributed by atoms with van der Waals surface area (Å²) in [6.07, 6.45) is 1.44. The molecule has 0 saturated carbocycles. The van der Waals surface area contributed by atoms with Gasteiger partial charge in [-0.3, -0.25) is 0 Å². The first-order valence-electron chi connectivity index (χ1n) is 5.50. The predicted molar refractivity (Wildman–Crippen MR) is 65.4 cm³/mol. The van der Waals surface area contributed by atoms with E-state index in [-0.39, 0.29) is 0 Å². The van der Waals surface area contributed by atoms with Gasteiger partial charge in [-0.1, -0.05) is 0 Å². The van der Waals surface area contributed by atoms with E-state index >= 15 is 0 Å². The minimum Gasteiger partial charge on any atom is -0.475 e. The van der Waals surface area contributed by atoms with Crippen LogP contribution in [0.3, 0.4) is 0 Å². The van der Waals surface area contributed by atoms with E-state index in [0.29, 0.717) is 5.82 Å². The highest BCUT2D eigenvalue weighted by Gasteiger charge is 2.25. The van der Waals surface area contributed by atoms with Crippen LogP contribution in [0.5, 0.6) is 0 Å². The monoisotopic (exact) mass is 300 g/mol. The first-order valence-corrected chi connectivity index (χ1v) is 6.99. The van der Waals surface area contributed by atoms with Crippen molar-refractivity contribution in [2.24, 2.45) is 7.05 Å². The summed E-state index contributed by atoms with van der Waals surface area (Å²) in [5.41, 5.74) is 0. The van der Waals surface area contributed by atoms with E-state index in [9.17, 15) is 13.2 Å². The SMILES string of the molecule is CC(NS(=O)(=O)c1ccc(C(=O)O)o1)c1nncn1C. The Morgan fingerprint density at radius 2 is 2.20 bits per heavy atom. The number of rotatable bonds is 5. The fourth-order valence-corrected chi connectivity index (χ4v) is 2.74. The van der Waals surface area contributed by atoms with Gasteiger partial charge in [-0.25, -0.2) is 13.2 Å². The largest absolute Gasteiger partial charge is 0.475 e. The maximum absolute atomic E-state index is 12.0. The number of aromatic carboxylic acids is 1. The van der Waals surface area contributed by atoms with Crippen LogP contribution in [0.4, 0.5) is 0 Å². The number of aromatic nitrogens is 3. The van der Waals surface area contributed by atoms with E-state index < -0.39 is 32.9 Å². The Morgan fingerprint density at radius 1 is 1.50 bits per heavy atom. The highest BCUT2D eigenvalue weighted by atomic mass is 32.2. The molecule has 2 rings (SSSR count). The van der Waals surface area contributed by atoms with Gasteiger partial charge in [-0.2, -0.15) is 4.72 Å². The molecule has 0 radical (unpaired) electrons. The summed E-state index contributed by atoms with van der Waals surface area (Å²) in [6.45, 7) is 1.59. The lowest BCUT2D eigenvalue weighted by atomic mass is 10.3. The van der Waals surface area contributed by atoms with Crippen molar-refractivity contribution in [3.8, 4) is 0 Å². The zero-order valence-electron chi connectivity index (χ0n) is 10.6. The number of aryl methyl sites for hydroxylation is 1. The first-order chi connectivity index (χ1) is 9.31. The molecule has 2 heterocycles. The van der Waals surface area contributed by atoms with Gasteiger partial charge in [-0.05, 0) is 19.1 Å². The van der Waals surface area contributed by atoms with Crippen LogP contribution in [-0.2, 0) is 17.1 Å². The average Bonchev–Trinajstić information content (AvgIpc) is 2.96. The molecule has 10 heteroatoms. The van der Waals surface area contributed by atoms with Gasteiger partial charge in [-0.15, -0.1) is 10.2 Å². The molecule has 2 aromatic heterocycles. The van der Waals surface area contributed by atoms with Gasteiger partial charge in [0.2, 0.25) is 10.9 Å². The summed E-state index contributed by atoms with van der Waals surface area (Å²) in [5.74, 6) is -1.37. The number of carboxylic acids is 1. The molecule has 108 valence electrons. The third-order valence-electron chi connectivity index (χ3n) is 2.52. The number of nitrogens with one attached hydrogen (secondary N) is 1. The standard InChI is InChI=1S/C10H12N4O5S/c1-6(9-12-11-5-14(9)2)13-20(17,18)8-4-3-7(19-8)10(15)16/h3-6,13H,1-2H3,(H,15,16). The lowest BCUT2D eigenvalue weighted by Gasteiger charge is -2.11. The summed E-state index contributed by atoms with van der Waals surface area (Å²) >= 11 is 0. The zero-order chi connectivity index (χ0) is 14.9. The molecule has 2 aromatic rings. The predicted octanol–water partition coefficient (Wildman–Crippen LogP) is 0.146. The third kappa shape index (κ3) is 2.70. The highest BCUT2D eigenvalue weighted by Crippen LogP contribution is 2.17. The molecule has 0 amide bonds. The summed E-state index contributed by atoms with van der Waals surface area (Å²) < 4.78 is 32.7. The van der Waals surface area contributed by atoms with Crippen molar-refractivity contribution in [1.29, 1.82) is 0 Å². The second-order valence-corrected chi connectivity index (χ2v) is 5.71. The maximum Gasteiger partial charge on any atom is 0.371 e. The fourth-order valence-electron chi connectivity index (χ4n) is 1.61. The lowest BCUT2D eigenvalue weighted by Crippen LogP contribution is -2.28. The minimum atomic E-state index is -3.98. The molecule has 0 aliphatic carbocycles. The van der Waals surface area contributed by atoms with Gasteiger partial charge in [0.15, 0.2) is 0 Å². The third-order valence-corrected chi connectivity index (χ3v) is 3.94. The molecule has 0 aromatic carbocycles. The Labute approximate surface area is 114 Å². The Morgan fingerprint density at radius 3 is 2.70 bits per heavy atom. The van der Waals surface area contributed by atoms with Crippen molar-refractivity contribution < 1.29 is 22.7 Å². The molecule has 2 N–H and O–H groups in total. The molecule has 1 atom stereocenters. The van der Waals surface area contributed by atoms with Crippen LogP contribution in [-0.4, -0.2) is 34.3 Å². The van der Waals surface area contributed by atoms with E-state index in [4.69, 9.17) is 9.52 Å². The van der Waals surface area contributed by atoms with Gasteiger partial charge in [0.05, 0.1) is 6.04 Å². The molecule has 9 nitrogen and oxygen atoms in total. The molecule has 20 heavy (non-hydrogen) atoms. The number of hydrogen-bond acceptors (Lipinski definition) is 6. The van der Waals surface area contributed by atoms with Gasteiger partial charge >= 0.3 is 5.97 Å². The number of furan rings is 1. The second-order valence-electron chi connectivity index (χ2n) is 4.07. The van der Waals surface area contributed by atoms with Crippen LogP contribution < -0.4 is 4.72 Å². The first kappa shape index (κ1) is 14.2. The Kier molecular flexibility index (Phi) is 3.59. The molecular weight excluding hydrogens is 288 g/mol. The lowest BCUT2D eigenvalue weighted by molar-refractivity contribution is 0.0656. The number of carboxylic acid groups (broad SMARTS) is 1. The van der Waals surface area contributed by atoms with E-state index in [1.165, 1.54) is 6.33 Å². The van der Waals surface area contributed by atoms with Gasteiger partial charge in [0, 0.05) is 7.05 Å². The Hall–Kier alpha value is -2.20. The maximum atomic E-state index is 12.0. The molecular formula is C10H12N4O5S. The average molecular weight is 300 g/mol. The topological polar surface area (TPSA) is 127 Å². The van der Waals surface area contributed by atoms with E-state index in [2.05, 4.69) is 14.9 Å². The molecule has 0 aliphatic rings. The quantitative estimate of drug-likeness (QED) is 0.804. The van der Waals surface area contributed by atoms with Crippen LogP contribution in [0.15, 0.2) is 28.0 Å². The number of sulfonamides is 1. The summed E-state index contributed by atoms with van der Waals surface area (Å²) in [6, 6.07) is 1.50. The number of hydrogen-bond donors (Lipinski definition) is 2. The van der Waals surface area contributed by atoms with E-state index in [1.807, 2.05) is 0 Å². The minimum absolute atomic E-state index is 0.415. The van der Waals surface area contributed by atoms with Crippen molar-refractivity contribution in [2.75, 3.05) is 0 Å². The molecule has 0 spiro atoms. The smallest absolute Gasteiger partial charge is 0.371 e. The second kappa shape index (κ2) is 5.06. The highest BCUT2D eigenvalue weighted by molar-refractivity contribution is 7.89. The van der Waals surface area contributed by atoms with Gasteiger partial charge in [0.1, 0.15) is 12.2 Å². The summed E-state index contributed by atoms with van der Waals surface area (Å²) in [7, 11) is -2.30. The van der Waals surface area contributed by atoms with Crippen LogP contribution in [0.2, 0.25) is 0 Å². The molecule has 0 bridgehead atoms. The normalized spacial score (nSPS) is 13.3. The molecule has 0 saturated heterocycles. The van der Waals surface area contributed by atoms with Crippen LogP contribution in [0.25, 0.3) is 0 Å².